The van der Waals surface area contributed by atoms with Crippen LogP contribution < -0.4 is 5.32 Å². The topological polar surface area (TPSA) is 21.3 Å². The molecule has 1 aliphatic rings. The van der Waals surface area contributed by atoms with E-state index in [1.54, 1.807) is 0 Å². The summed E-state index contributed by atoms with van der Waals surface area (Å²) in [4.78, 5) is 0. The number of hydrogen-bond donors (Lipinski definition) is 1. The van der Waals surface area contributed by atoms with Crippen molar-refractivity contribution in [3.8, 4) is 0 Å². The van der Waals surface area contributed by atoms with Crippen molar-refractivity contribution in [2.45, 2.75) is 83.8 Å². The van der Waals surface area contributed by atoms with Crippen LogP contribution in [0.15, 0.2) is 0 Å². The highest BCUT2D eigenvalue weighted by Crippen LogP contribution is 2.20. The summed E-state index contributed by atoms with van der Waals surface area (Å²) in [7, 11) is 0. The quantitative estimate of drug-likeness (QED) is 0.651. The van der Waals surface area contributed by atoms with Crippen molar-refractivity contribution < 1.29 is 4.74 Å². The predicted molar refractivity (Wildman–Crippen MR) is 74.4 cm³/mol. The van der Waals surface area contributed by atoms with Crippen LogP contribution in [0.1, 0.15) is 71.6 Å². The highest BCUT2D eigenvalue weighted by Gasteiger charge is 2.15. The van der Waals surface area contributed by atoms with Gasteiger partial charge in [-0.1, -0.05) is 46.0 Å². The monoisotopic (exact) mass is 241 g/mol. The number of hydrogen-bond acceptors (Lipinski definition) is 2. The maximum absolute atomic E-state index is 6.11. The summed E-state index contributed by atoms with van der Waals surface area (Å²) in [5.74, 6) is 0. The lowest BCUT2D eigenvalue weighted by atomic mass is 10.1. The molecule has 1 fully saturated rings. The van der Waals surface area contributed by atoms with Gasteiger partial charge in [0.25, 0.3) is 0 Å². The van der Waals surface area contributed by atoms with Gasteiger partial charge in [-0.2, -0.15) is 0 Å². The van der Waals surface area contributed by atoms with Gasteiger partial charge in [0.1, 0.15) is 0 Å². The molecule has 0 saturated heterocycles. The van der Waals surface area contributed by atoms with Crippen molar-refractivity contribution >= 4 is 0 Å². The Hall–Kier alpha value is -0.0800. The Morgan fingerprint density at radius 1 is 1.06 bits per heavy atom. The van der Waals surface area contributed by atoms with E-state index in [4.69, 9.17) is 4.74 Å². The highest BCUT2D eigenvalue weighted by atomic mass is 16.5. The first-order valence-corrected chi connectivity index (χ1v) is 7.71. The van der Waals surface area contributed by atoms with Crippen molar-refractivity contribution in [2.75, 3.05) is 13.2 Å². The van der Waals surface area contributed by atoms with Gasteiger partial charge in [0.15, 0.2) is 0 Å². The van der Waals surface area contributed by atoms with Gasteiger partial charge in [-0.15, -0.1) is 0 Å². The fourth-order valence-corrected chi connectivity index (χ4v) is 2.60. The van der Waals surface area contributed by atoms with Crippen LogP contribution in [0.4, 0.5) is 0 Å². The van der Waals surface area contributed by atoms with E-state index in [-0.39, 0.29) is 0 Å². The van der Waals surface area contributed by atoms with Gasteiger partial charge in [0.05, 0.1) is 12.7 Å². The normalized spacial score (nSPS) is 20.1. The van der Waals surface area contributed by atoms with Gasteiger partial charge < -0.3 is 10.1 Å². The van der Waals surface area contributed by atoms with E-state index < -0.39 is 0 Å². The third-order valence-corrected chi connectivity index (χ3v) is 3.66. The molecule has 1 N–H and O–H groups in total. The summed E-state index contributed by atoms with van der Waals surface area (Å²) < 4.78 is 6.11. The molecule has 0 amide bonds. The van der Waals surface area contributed by atoms with Crippen molar-refractivity contribution in [1.82, 2.24) is 5.32 Å². The molecule has 0 aliphatic heterocycles. The van der Waals surface area contributed by atoms with Crippen LogP contribution in [0, 0.1) is 0 Å². The Labute approximate surface area is 108 Å². The summed E-state index contributed by atoms with van der Waals surface area (Å²) >= 11 is 0. The molecule has 1 atom stereocenters. The molecule has 0 heterocycles. The van der Waals surface area contributed by atoms with Gasteiger partial charge in [-0.3, -0.25) is 0 Å². The minimum Gasteiger partial charge on any atom is -0.377 e. The lowest BCUT2D eigenvalue weighted by molar-refractivity contribution is 0.0277. The molecule has 0 spiro atoms. The second-order valence-electron chi connectivity index (χ2n) is 5.39. The summed E-state index contributed by atoms with van der Waals surface area (Å²) in [6.07, 6.45) is 12.4. The van der Waals surface area contributed by atoms with Crippen LogP contribution >= 0.6 is 0 Å². The highest BCUT2D eigenvalue weighted by molar-refractivity contribution is 4.69. The molecule has 102 valence electrons. The van der Waals surface area contributed by atoms with Crippen LogP contribution in [0.25, 0.3) is 0 Å². The van der Waals surface area contributed by atoms with Crippen LogP contribution in [0.2, 0.25) is 0 Å². The van der Waals surface area contributed by atoms with E-state index in [1.165, 1.54) is 57.8 Å². The molecule has 0 aromatic rings. The SMILES string of the molecule is CCCNC(CCC)COC1CCCCCC1. The molecule has 1 unspecified atom stereocenters. The minimum atomic E-state index is 0.542. The maximum atomic E-state index is 6.11. The second-order valence-corrected chi connectivity index (χ2v) is 5.39. The lowest BCUT2D eigenvalue weighted by Crippen LogP contribution is -2.35. The first-order valence-electron chi connectivity index (χ1n) is 7.71. The smallest absolute Gasteiger partial charge is 0.0623 e. The van der Waals surface area contributed by atoms with Crippen LogP contribution in [0.3, 0.4) is 0 Å². The van der Waals surface area contributed by atoms with Crippen molar-refractivity contribution in [2.24, 2.45) is 0 Å². The van der Waals surface area contributed by atoms with Crippen LogP contribution in [-0.2, 0) is 4.74 Å². The van der Waals surface area contributed by atoms with Gasteiger partial charge in [-0.25, -0.2) is 0 Å². The zero-order valence-electron chi connectivity index (χ0n) is 11.8. The molecule has 0 radical (unpaired) electrons. The average molecular weight is 241 g/mol. The molecule has 1 rings (SSSR count). The van der Waals surface area contributed by atoms with Crippen molar-refractivity contribution in [3.05, 3.63) is 0 Å². The molecule has 1 aliphatic carbocycles. The van der Waals surface area contributed by atoms with Crippen molar-refractivity contribution in [1.29, 1.82) is 0 Å². The van der Waals surface area contributed by atoms with E-state index in [0.717, 1.165) is 13.2 Å². The first kappa shape index (κ1) is 15.0. The summed E-state index contributed by atoms with van der Waals surface area (Å²) in [5, 5.41) is 3.60. The first-order chi connectivity index (χ1) is 8.36. The molecule has 0 bridgehead atoms. The summed E-state index contributed by atoms with van der Waals surface area (Å²) in [5.41, 5.74) is 0. The van der Waals surface area contributed by atoms with E-state index in [1.807, 2.05) is 0 Å². The molecule has 17 heavy (non-hydrogen) atoms. The Kier molecular flexibility index (Phi) is 8.72. The van der Waals surface area contributed by atoms with E-state index in [9.17, 15) is 0 Å². The van der Waals surface area contributed by atoms with E-state index in [0.29, 0.717) is 12.1 Å². The summed E-state index contributed by atoms with van der Waals surface area (Å²) in [6, 6.07) is 0.572. The zero-order chi connectivity index (χ0) is 12.3. The molecule has 2 nitrogen and oxygen atoms in total. The van der Waals surface area contributed by atoms with Crippen LogP contribution in [-0.4, -0.2) is 25.3 Å². The van der Waals surface area contributed by atoms with Crippen LogP contribution in [0.5, 0.6) is 0 Å². The fourth-order valence-electron chi connectivity index (χ4n) is 2.60. The molecule has 1 saturated carbocycles. The largest absolute Gasteiger partial charge is 0.377 e. The maximum Gasteiger partial charge on any atom is 0.0623 e. The minimum absolute atomic E-state index is 0.542. The number of rotatable bonds is 8. The van der Waals surface area contributed by atoms with Gasteiger partial charge in [-0.05, 0) is 32.2 Å². The lowest BCUT2D eigenvalue weighted by Gasteiger charge is -2.22. The number of nitrogens with one attached hydrogen (secondary N) is 1. The zero-order valence-corrected chi connectivity index (χ0v) is 11.8. The Morgan fingerprint density at radius 3 is 2.35 bits per heavy atom. The van der Waals surface area contributed by atoms with Gasteiger partial charge in [0, 0.05) is 6.04 Å². The van der Waals surface area contributed by atoms with Gasteiger partial charge >= 0.3 is 0 Å². The third-order valence-electron chi connectivity index (χ3n) is 3.66. The third kappa shape index (κ3) is 7.05. The molecule has 0 aromatic carbocycles. The van der Waals surface area contributed by atoms with E-state index in [2.05, 4.69) is 19.2 Å². The molecule has 0 aromatic heterocycles. The van der Waals surface area contributed by atoms with E-state index >= 15 is 0 Å². The summed E-state index contributed by atoms with van der Waals surface area (Å²) in [6.45, 7) is 6.52. The molecule has 2 heteroatoms. The fraction of sp³-hybridized carbons (Fsp3) is 1.00. The average Bonchev–Trinajstić information content (AvgIpc) is 2.61. The van der Waals surface area contributed by atoms with Crippen molar-refractivity contribution in [3.63, 3.8) is 0 Å². The Bertz CT molecular complexity index is 164. The Balaban J connectivity index is 2.18. The predicted octanol–water partition coefficient (Wildman–Crippen LogP) is 3.89. The number of ether oxygens (including phenoxy) is 1. The molecular formula is C15H31NO. The van der Waals surface area contributed by atoms with Gasteiger partial charge in [0.2, 0.25) is 0 Å². The standard InChI is InChI=1S/C15H31NO/c1-3-9-14(16-12-4-2)13-17-15-10-7-5-6-8-11-15/h14-16H,3-13H2,1-2H3. The molecular weight excluding hydrogens is 210 g/mol. The second kappa shape index (κ2) is 9.90. The Morgan fingerprint density at radius 2 is 1.76 bits per heavy atom.